The fourth-order valence-electron chi connectivity index (χ4n) is 4.10. The van der Waals surface area contributed by atoms with E-state index in [0.29, 0.717) is 43.6 Å². The Morgan fingerprint density at radius 3 is 2.33 bits per heavy atom. The first-order valence-corrected chi connectivity index (χ1v) is 11.6. The van der Waals surface area contributed by atoms with E-state index in [4.69, 9.17) is 18.9 Å². The van der Waals surface area contributed by atoms with E-state index < -0.39 is 52.4 Å². The van der Waals surface area contributed by atoms with Crippen LogP contribution in [0.5, 0.6) is 0 Å². The van der Waals surface area contributed by atoms with Crippen molar-refractivity contribution in [2.75, 3.05) is 19.8 Å². The highest BCUT2D eigenvalue weighted by Crippen LogP contribution is 2.34. The number of fused-ring (bicyclic) bond motifs is 2. The molecule has 3 amide bonds. The van der Waals surface area contributed by atoms with Gasteiger partial charge in [-0.2, -0.15) is 13.5 Å². The Kier molecular flexibility index (Phi) is 8.06. The number of piperidine rings is 1. The summed E-state index contributed by atoms with van der Waals surface area (Å²) in [4.78, 5) is 37.8. The molecule has 2 unspecified atom stereocenters. The van der Waals surface area contributed by atoms with E-state index >= 15 is 0 Å². The van der Waals surface area contributed by atoms with E-state index in [2.05, 4.69) is 0 Å². The van der Waals surface area contributed by atoms with Crippen molar-refractivity contribution in [1.82, 2.24) is 9.96 Å². The second-order valence-corrected chi connectivity index (χ2v) is 8.86. The summed E-state index contributed by atoms with van der Waals surface area (Å²) in [5.41, 5.74) is 4.19. The number of ether oxygens (including phenoxy) is 1. The number of hydroxylamine groups is 2. The maximum absolute atomic E-state index is 12.6. The lowest BCUT2D eigenvalue weighted by atomic mass is 9.80. The average Bonchev–Trinajstić information content (AvgIpc) is 2.91. The molecule has 2 heterocycles. The third kappa shape index (κ3) is 5.22. The second-order valence-electron chi connectivity index (χ2n) is 7.66. The van der Waals surface area contributed by atoms with Crippen LogP contribution in [0.25, 0.3) is 0 Å². The SMILES string of the molecule is CCCC(CCC)(COS(=O)(=O)ON1C(=O)N2CC1CCC2C(N)=O)C(=O)OCC. The van der Waals surface area contributed by atoms with Crippen LogP contribution in [0.1, 0.15) is 59.3 Å². The van der Waals surface area contributed by atoms with Crippen molar-refractivity contribution in [1.29, 1.82) is 0 Å². The van der Waals surface area contributed by atoms with E-state index in [9.17, 15) is 22.8 Å². The normalized spacial score (nSPS) is 21.8. The minimum atomic E-state index is -4.64. The van der Waals surface area contributed by atoms with Crippen molar-refractivity contribution in [3.63, 3.8) is 0 Å². The molecule has 0 aromatic heterocycles. The molecule has 2 bridgehead atoms. The Bertz CT molecular complexity index is 751. The number of carbonyl (C=O) groups excluding carboxylic acids is 3. The van der Waals surface area contributed by atoms with Gasteiger partial charge in [0.05, 0.1) is 24.7 Å². The van der Waals surface area contributed by atoms with Gasteiger partial charge in [-0.15, -0.1) is 4.28 Å². The van der Waals surface area contributed by atoms with Gasteiger partial charge in [0.2, 0.25) is 5.91 Å². The maximum Gasteiger partial charge on any atom is 0.421 e. The smallest absolute Gasteiger partial charge is 0.421 e. The summed E-state index contributed by atoms with van der Waals surface area (Å²) in [5.74, 6) is -1.17. The molecule has 2 aliphatic rings. The largest absolute Gasteiger partial charge is 0.465 e. The monoisotopic (exact) mass is 449 g/mol. The average molecular weight is 450 g/mol. The fourth-order valence-corrected chi connectivity index (χ4v) is 4.90. The van der Waals surface area contributed by atoms with E-state index in [0.717, 1.165) is 0 Å². The Labute approximate surface area is 177 Å². The number of hydrogen-bond acceptors (Lipinski definition) is 8. The number of amides is 3. The van der Waals surface area contributed by atoms with Crippen LogP contribution in [-0.4, -0.2) is 68.1 Å². The molecular weight excluding hydrogens is 418 g/mol. The number of rotatable bonds is 12. The lowest BCUT2D eigenvalue weighted by Gasteiger charge is -2.30. The van der Waals surface area contributed by atoms with Gasteiger partial charge in [0.25, 0.3) is 0 Å². The predicted molar refractivity (Wildman–Crippen MR) is 105 cm³/mol. The lowest BCUT2D eigenvalue weighted by molar-refractivity contribution is -0.159. The van der Waals surface area contributed by atoms with Gasteiger partial charge in [-0.25, -0.2) is 8.98 Å². The van der Waals surface area contributed by atoms with Crippen LogP contribution in [0.15, 0.2) is 0 Å². The minimum Gasteiger partial charge on any atom is -0.465 e. The molecule has 2 atom stereocenters. The number of esters is 1. The number of hydrogen-bond donors (Lipinski definition) is 1. The zero-order valence-corrected chi connectivity index (χ0v) is 18.5. The second kappa shape index (κ2) is 9.92. The van der Waals surface area contributed by atoms with Crippen molar-refractivity contribution < 1.29 is 36.0 Å². The van der Waals surface area contributed by atoms with Gasteiger partial charge >= 0.3 is 22.4 Å². The van der Waals surface area contributed by atoms with Gasteiger partial charge in [0.15, 0.2) is 0 Å². The van der Waals surface area contributed by atoms with Crippen molar-refractivity contribution in [3.8, 4) is 0 Å². The van der Waals surface area contributed by atoms with E-state index in [1.54, 1.807) is 6.92 Å². The number of nitrogens with two attached hydrogens (primary N) is 1. The minimum absolute atomic E-state index is 0.139. The molecule has 172 valence electrons. The molecule has 0 aromatic rings. The molecule has 11 nitrogen and oxygen atoms in total. The van der Waals surface area contributed by atoms with Gasteiger partial charge in [-0.05, 0) is 32.6 Å². The summed E-state index contributed by atoms with van der Waals surface area (Å²) < 4.78 is 40.1. The molecule has 0 spiro atoms. The summed E-state index contributed by atoms with van der Waals surface area (Å²) in [7, 11) is -4.64. The third-order valence-corrected chi connectivity index (χ3v) is 6.22. The summed E-state index contributed by atoms with van der Waals surface area (Å²) in [6.45, 7) is 5.28. The molecule has 2 saturated heterocycles. The molecule has 0 radical (unpaired) electrons. The van der Waals surface area contributed by atoms with Crippen LogP contribution >= 0.6 is 0 Å². The Morgan fingerprint density at radius 2 is 1.80 bits per heavy atom. The maximum atomic E-state index is 12.6. The number of nitrogens with zero attached hydrogens (tertiary/aromatic N) is 2. The summed E-state index contributed by atoms with van der Waals surface area (Å²) in [6.07, 6.45) is 2.71. The molecule has 2 fully saturated rings. The molecular formula is C18H31N3O8S. The number of urea groups is 1. The quantitative estimate of drug-likeness (QED) is 0.436. The van der Waals surface area contributed by atoms with Gasteiger partial charge in [0, 0.05) is 6.54 Å². The van der Waals surface area contributed by atoms with Gasteiger partial charge in [-0.1, -0.05) is 26.7 Å². The molecule has 0 saturated carbocycles. The zero-order chi connectivity index (χ0) is 22.5. The first kappa shape index (κ1) is 24.4. The Morgan fingerprint density at radius 1 is 1.17 bits per heavy atom. The summed E-state index contributed by atoms with van der Waals surface area (Å²) in [6, 6.07) is -2.09. The van der Waals surface area contributed by atoms with Crippen LogP contribution in [0.4, 0.5) is 4.79 Å². The first-order valence-electron chi connectivity index (χ1n) is 10.3. The molecule has 12 heteroatoms. The van der Waals surface area contributed by atoms with Gasteiger partial charge in [0.1, 0.15) is 6.04 Å². The number of primary amides is 1. The van der Waals surface area contributed by atoms with Crippen molar-refractivity contribution in [2.45, 2.75) is 71.4 Å². The topological polar surface area (TPSA) is 146 Å². The highest BCUT2D eigenvalue weighted by molar-refractivity contribution is 7.81. The van der Waals surface area contributed by atoms with Crippen LogP contribution in [0, 0.1) is 5.41 Å². The van der Waals surface area contributed by atoms with Crippen LogP contribution < -0.4 is 5.73 Å². The standard InChI is InChI=1S/C18H31N3O8S/c1-4-9-18(10-5-2,16(23)27-6-3)12-28-30(25,26)29-21-13-7-8-14(15(19)22)20(11-13)17(21)24/h13-14H,4-12H2,1-3H3,(H2,19,22). The molecule has 2 aliphatic heterocycles. The van der Waals surface area contributed by atoms with E-state index in [-0.39, 0.29) is 13.2 Å². The fraction of sp³-hybridized carbons (Fsp3) is 0.833. The Balaban J connectivity index is 2.11. The molecule has 2 N–H and O–H groups in total. The van der Waals surface area contributed by atoms with E-state index in [1.165, 1.54) is 4.90 Å². The van der Waals surface area contributed by atoms with Crippen molar-refractivity contribution in [3.05, 3.63) is 0 Å². The Hall–Kier alpha value is -1.92. The number of carbonyl (C=O) groups is 3. The summed E-state index contributed by atoms with van der Waals surface area (Å²) in [5, 5.41) is 0.712. The van der Waals surface area contributed by atoms with Crippen LogP contribution in [-0.2, 0) is 33.2 Å². The predicted octanol–water partition coefficient (Wildman–Crippen LogP) is 1.08. The molecule has 0 aliphatic carbocycles. The zero-order valence-electron chi connectivity index (χ0n) is 17.7. The lowest BCUT2D eigenvalue weighted by Crippen LogP contribution is -2.47. The third-order valence-electron chi connectivity index (χ3n) is 5.47. The molecule has 0 aromatic carbocycles. The summed E-state index contributed by atoms with van der Waals surface area (Å²) >= 11 is 0. The van der Waals surface area contributed by atoms with E-state index in [1.807, 2.05) is 13.8 Å². The highest BCUT2D eigenvalue weighted by atomic mass is 32.3. The van der Waals surface area contributed by atoms with Crippen molar-refractivity contribution >= 4 is 28.3 Å². The van der Waals surface area contributed by atoms with Crippen molar-refractivity contribution in [2.24, 2.45) is 11.1 Å². The van der Waals surface area contributed by atoms with Gasteiger partial charge in [-0.3, -0.25) is 9.59 Å². The van der Waals surface area contributed by atoms with Crippen LogP contribution in [0.2, 0.25) is 0 Å². The molecule has 30 heavy (non-hydrogen) atoms. The van der Waals surface area contributed by atoms with Gasteiger partial charge < -0.3 is 15.4 Å². The first-order chi connectivity index (χ1) is 14.1. The molecule has 2 rings (SSSR count). The van der Waals surface area contributed by atoms with Crippen LogP contribution in [0.3, 0.4) is 0 Å². The highest BCUT2D eigenvalue weighted by Gasteiger charge is 2.49.